The molecule has 0 radical (unpaired) electrons. The van der Waals surface area contributed by atoms with E-state index in [4.69, 9.17) is 10.8 Å². The summed E-state index contributed by atoms with van der Waals surface area (Å²) in [5, 5.41) is 8.79. The Bertz CT molecular complexity index is 229. The molecule has 2 unspecified atom stereocenters. The Balaban J connectivity index is 0.000000720. The van der Waals surface area contributed by atoms with E-state index in [1.54, 1.807) is 0 Å². The highest BCUT2D eigenvalue weighted by Gasteiger charge is 2.46. The smallest absolute Gasteiger partial charge is 0.308 e. The number of allylic oxidation sites excluding steroid dienone is 1. The van der Waals surface area contributed by atoms with Gasteiger partial charge >= 0.3 is 5.97 Å². The molecule has 0 aromatic carbocycles. The number of rotatable bonds is 1. The Labute approximate surface area is 77.0 Å². The molecule has 0 spiro atoms. The van der Waals surface area contributed by atoms with E-state index in [1.807, 2.05) is 6.08 Å². The fraction of sp³-hybridized carbons (Fsp3) is 0.625. The average molecular weight is 190 g/mol. The molecule has 0 amide bonds. The molecule has 1 fully saturated rings. The van der Waals surface area contributed by atoms with Gasteiger partial charge in [0.2, 0.25) is 0 Å². The normalized spacial score (nSPS) is 42.8. The maximum absolute atomic E-state index is 10.7. The Hall–Kier alpha value is -0.540. The molecule has 0 saturated heterocycles. The third-order valence-electron chi connectivity index (χ3n) is 2.81. The highest BCUT2D eigenvalue weighted by Crippen LogP contribution is 2.42. The molecule has 2 aliphatic carbocycles. The predicted octanol–water partition coefficient (Wildman–Crippen LogP) is 0.642. The van der Waals surface area contributed by atoms with Crippen molar-refractivity contribution in [1.82, 2.24) is 0 Å². The van der Waals surface area contributed by atoms with Crippen LogP contribution in [-0.2, 0) is 4.79 Å². The Morgan fingerprint density at radius 1 is 1.42 bits per heavy atom. The topological polar surface area (TPSA) is 63.3 Å². The summed E-state index contributed by atoms with van der Waals surface area (Å²) in [6, 6.07) is -0.150. The number of carboxylic acids is 1. The monoisotopic (exact) mass is 189 g/mol. The summed E-state index contributed by atoms with van der Waals surface area (Å²) < 4.78 is 0. The standard InChI is InChI=1S/C8H11NO2.ClH/c9-7-5-2-1-4(3-5)6(7)8(10)11;/h1-2,4-7H,3,9H2,(H,10,11);1H/t4?,5?,6-,7+;/m0./s1. The van der Waals surface area contributed by atoms with Crippen LogP contribution in [0.4, 0.5) is 0 Å². The van der Waals surface area contributed by atoms with Crippen molar-refractivity contribution >= 4 is 18.4 Å². The molecule has 4 atom stereocenters. The highest BCUT2D eigenvalue weighted by atomic mass is 35.5. The minimum absolute atomic E-state index is 0. The van der Waals surface area contributed by atoms with Crippen molar-refractivity contribution in [2.45, 2.75) is 12.5 Å². The number of nitrogens with two attached hydrogens (primary N) is 1. The second-order valence-corrected chi connectivity index (χ2v) is 3.39. The summed E-state index contributed by atoms with van der Waals surface area (Å²) in [6.45, 7) is 0. The van der Waals surface area contributed by atoms with E-state index in [0.29, 0.717) is 5.92 Å². The zero-order chi connectivity index (χ0) is 8.01. The molecule has 0 aromatic rings. The fourth-order valence-corrected chi connectivity index (χ4v) is 2.21. The minimum atomic E-state index is -0.741. The number of hydrogen-bond acceptors (Lipinski definition) is 2. The van der Waals surface area contributed by atoms with Gasteiger partial charge < -0.3 is 10.8 Å². The van der Waals surface area contributed by atoms with Crippen molar-refractivity contribution < 1.29 is 9.90 Å². The lowest BCUT2D eigenvalue weighted by atomic mass is 9.90. The average Bonchev–Trinajstić information content (AvgIpc) is 2.44. The van der Waals surface area contributed by atoms with E-state index in [1.165, 1.54) is 0 Å². The third-order valence-corrected chi connectivity index (χ3v) is 2.81. The van der Waals surface area contributed by atoms with Crippen LogP contribution in [-0.4, -0.2) is 17.1 Å². The molecule has 3 nitrogen and oxygen atoms in total. The summed E-state index contributed by atoms with van der Waals surface area (Å²) in [6.07, 6.45) is 4.99. The first-order chi connectivity index (χ1) is 5.20. The van der Waals surface area contributed by atoms with Gasteiger partial charge in [0, 0.05) is 6.04 Å². The third kappa shape index (κ3) is 1.13. The van der Waals surface area contributed by atoms with Crippen molar-refractivity contribution in [3.05, 3.63) is 12.2 Å². The van der Waals surface area contributed by atoms with E-state index in [9.17, 15) is 4.79 Å². The van der Waals surface area contributed by atoms with E-state index < -0.39 is 5.97 Å². The quantitative estimate of drug-likeness (QED) is 0.596. The number of carboxylic acid groups (broad SMARTS) is 1. The lowest BCUT2D eigenvalue weighted by molar-refractivity contribution is -0.143. The number of hydrogen-bond donors (Lipinski definition) is 2. The van der Waals surface area contributed by atoms with Gasteiger partial charge in [-0.2, -0.15) is 0 Å². The molecular formula is C8H12ClNO2. The molecule has 3 N–H and O–H groups in total. The highest BCUT2D eigenvalue weighted by molar-refractivity contribution is 5.85. The second-order valence-electron chi connectivity index (χ2n) is 3.39. The van der Waals surface area contributed by atoms with Gasteiger partial charge in [0.05, 0.1) is 5.92 Å². The maximum atomic E-state index is 10.7. The van der Waals surface area contributed by atoms with Crippen LogP contribution < -0.4 is 5.73 Å². The first-order valence-electron chi connectivity index (χ1n) is 3.87. The summed E-state index contributed by atoms with van der Waals surface area (Å²) >= 11 is 0. The lowest BCUT2D eigenvalue weighted by Gasteiger charge is -2.19. The SMILES string of the molecule is Cl.N[C@@H]1C2C=CC(C2)[C@@H]1C(=O)O. The number of halogens is 1. The number of fused-ring (bicyclic) bond motifs is 2. The predicted molar refractivity (Wildman–Crippen MR) is 47.1 cm³/mol. The molecule has 1 saturated carbocycles. The van der Waals surface area contributed by atoms with Gasteiger partial charge in [-0.3, -0.25) is 4.79 Å². The van der Waals surface area contributed by atoms with Gasteiger partial charge in [0.15, 0.2) is 0 Å². The van der Waals surface area contributed by atoms with Crippen molar-refractivity contribution in [2.75, 3.05) is 0 Å². The second kappa shape index (κ2) is 3.07. The summed E-state index contributed by atoms with van der Waals surface area (Å²) in [7, 11) is 0. The molecule has 0 aliphatic heterocycles. The Morgan fingerprint density at radius 2 is 2.00 bits per heavy atom. The minimum Gasteiger partial charge on any atom is -0.481 e. The molecule has 2 bridgehead atoms. The number of carbonyl (C=O) groups is 1. The van der Waals surface area contributed by atoms with Crippen LogP contribution in [0.2, 0.25) is 0 Å². The van der Waals surface area contributed by atoms with Crippen molar-refractivity contribution in [2.24, 2.45) is 23.5 Å². The fourth-order valence-electron chi connectivity index (χ4n) is 2.21. The molecule has 12 heavy (non-hydrogen) atoms. The van der Waals surface area contributed by atoms with Crippen LogP contribution in [0.1, 0.15) is 6.42 Å². The molecule has 0 heterocycles. The van der Waals surface area contributed by atoms with Crippen molar-refractivity contribution in [3.8, 4) is 0 Å². The zero-order valence-electron chi connectivity index (χ0n) is 6.51. The Kier molecular flexibility index (Phi) is 2.44. The first-order valence-corrected chi connectivity index (χ1v) is 3.87. The van der Waals surface area contributed by atoms with E-state index >= 15 is 0 Å². The van der Waals surface area contributed by atoms with Gasteiger partial charge in [0.25, 0.3) is 0 Å². The van der Waals surface area contributed by atoms with Gasteiger partial charge in [-0.25, -0.2) is 0 Å². The van der Waals surface area contributed by atoms with E-state index in [0.717, 1.165) is 6.42 Å². The summed E-state index contributed by atoms with van der Waals surface area (Å²) in [4.78, 5) is 10.7. The van der Waals surface area contributed by atoms with Gasteiger partial charge in [-0.15, -0.1) is 12.4 Å². The maximum Gasteiger partial charge on any atom is 0.308 e. The van der Waals surface area contributed by atoms with Crippen LogP contribution in [0, 0.1) is 17.8 Å². The van der Waals surface area contributed by atoms with Crippen molar-refractivity contribution in [3.63, 3.8) is 0 Å². The molecule has 2 aliphatic rings. The van der Waals surface area contributed by atoms with Gasteiger partial charge in [0.1, 0.15) is 0 Å². The number of aliphatic carboxylic acids is 1. The first kappa shape index (κ1) is 9.55. The molecule has 2 rings (SSSR count). The molecule has 0 aromatic heterocycles. The molecular weight excluding hydrogens is 178 g/mol. The van der Waals surface area contributed by atoms with Gasteiger partial charge in [-0.05, 0) is 18.3 Å². The summed E-state index contributed by atoms with van der Waals surface area (Å²) in [5.41, 5.74) is 5.73. The van der Waals surface area contributed by atoms with Crippen LogP contribution in [0.3, 0.4) is 0 Å². The van der Waals surface area contributed by atoms with Gasteiger partial charge in [-0.1, -0.05) is 12.2 Å². The van der Waals surface area contributed by atoms with Crippen LogP contribution in [0.5, 0.6) is 0 Å². The van der Waals surface area contributed by atoms with Crippen molar-refractivity contribution in [1.29, 1.82) is 0 Å². The van der Waals surface area contributed by atoms with Crippen LogP contribution in [0.25, 0.3) is 0 Å². The molecule has 4 heteroatoms. The molecule has 68 valence electrons. The zero-order valence-corrected chi connectivity index (χ0v) is 7.33. The van der Waals surface area contributed by atoms with E-state index in [-0.39, 0.29) is 30.3 Å². The summed E-state index contributed by atoms with van der Waals surface area (Å²) in [5.74, 6) is -0.548. The van der Waals surface area contributed by atoms with E-state index in [2.05, 4.69) is 6.08 Å². The Morgan fingerprint density at radius 3 is 2.33 bits per heavy atom. The van der Waals surface area contributed by atoms with Crippen LogP contribution >= 0.6 is 12.4 Å². The largest absolute Gasteiger partial charge is 0.481 e. The van der Waals surface area contributed by atoms with Crippen LogP contribution in [0.15, 0.2) is 12.2 Å². The lowest BCUT2D eigenvalue weighted by Crippen LogP contribution is -2.38.